The van der Waals surface area contributed by atoms with Crippen LogP contribution in [-0.2, 0) is 0 Å². The maximum Gasteiger partial charge on any atom is 0.123 e. The van der Waals surface area contributed by atoms with E-state index in [2.05, 4.69) is 155 Å². The first-order valence-electron chi connectivity index (χ1n) is 13.0. The van der Waals surface area contributed by atoms with Crippen molar-refractivity contribution in [3.63, 3.8) is 0 Å². The first-order valence-corrected chi connectivity index (χ1v) is 13.0. The summed E-state index contributed by atoms with van der Waals surface area (Å²) < 4.78 is 2.42. The Hall–Kier alpha value is -5.08. The lowest BCUT2D eigenvalue weighted by Gasteiger charge is -2.27. The summed E-state index contributed by atoms with van der Waals surface area (Å²) in [6, 6.07) is 52.7. The summed E-state index contributed by atoms with van der Waals surface area (Å²) in [5, 5.41) is 3.71. The van der Waals surface area contributed by atoms with Gasteiger partial charge in [-0.3, -0.25) is 9.47 Å². The van der Waals surface area contributed by atoms with Crippen molar-refractivity contribution in [2.75, 3.05) is 4.90 Å². The van der Waals surface area contributed by atoms with E-state index < -0.39 is 0 Å². The van der Waals surface area contributed by atoms with Gasteiger partial charge < -0.3 is 0 Å². The van der Waals surface area contributed by atoms with Gasteiger partial charge in [-0.1, -0.05) is 103 Å². The molecule has 1 aliphatic heterocycles. The number of fused-ring (bicyclic) bond motifs is 8. The van der Waals surface area contributed by atoms with Gasteiger partial charge in [-0.2, -0.15) is 0 Å². The molecular weight excluding hydrogens is 460 g/mol. The first-order chi connectivity index (χ1) is 18.8. The molecular formula is C36H24N2. The van der Waals surface area contributed by atoms with E-state index in [9.17, 15) is 0 Å². The Morgan fingerprint density at radius 1 is 0.395 bits per heavy atom. The fraction of sp³-hybridized carbons (Fsp3) is 0. The Labute approximate surface area is 221 Å². The second kappa shape index (κ2) is 8.22. The van der Waals surface area contributed by atoms with Crippen LogP contribution in [0.5, 0.6) is 0 Å². The normalized spacial score (nSPS) is 12.2. The lowest BCUT2D eigenvalue weighted by atomic mass is 9.97. The van der Waals surface area contributed by atoms with Crippen molar-refractivity contribution in [1.82, 2.24) is 4.57 Å². The molecule has 2 heteroatoms. The highest BCUT2D eigenvalue weighted by Crippen LogP contribution is 2.50. The zero-order valence-corrected chi connectivity index (χ0v) is 20.8. The minimum absolute atomic E-state index is 1.14. The third-order valence-corrected chi connectivity index (χ3v) is 7.67. The van der Waals surface area contributed by atoms with Crippen molar-refractivity contribution in [2.45, 2.75) is 0 Å². The molecule has 0 fully saturated rings. The molecule has 0 N–H and O–H groups in total. The molecule has 0 amide bonds. The number of hydrogen-bond acceptors (Lipinski definition) is 1. The maximum atomic E-state index is 2.44. The summed E-state index contributed by atoms with van der Waals surface area (Å²) in [5.74, 6) is 1.14. The summed E-state index contributed by atoms with van der Waals surface area (Å²) >= 11 is 0. The molecule has 6 aromatic carbocycles. The monoisotopic (exact) mass is 484 g/mol. The Balaban J connectivity index is 1.50. The summed E-state index contributed by atoms with van der Waals surface area (Å²) in [4.78, 5) is 2.44. The minimum Gasteiger partial charge on any atom is -0.295 e. The number of para-hydroxylation sites is 2. The van der Waals surface area contributed by atoms with Crippen LogP contribution in [0, 0.1) is 0 Å². The quantitative estimate of drug-likeness (QED) is 0.237. The fourth-order valence-electron chi connectivity index (χ4n) is 5.93. The summed E-state index contributed by atoms with van der Waals surface area (Å²) in [6.45, 7) is 0. The number of benzene rings is 6. The molecule has 0 bridgehead atoms. The number of anilines is 3. The molecule has 0 unspecified atom stereocenters. The van der Waals surface area contributed by atoms with Crippen molar-refractivity contribution < 1.29 is 0 Å². The van der Waals surface area contributed by atoms with E-state index in [1.54, 1.807) is 0 Å². The standard InChI is InChI=1S/C36H24N2/c1-2-11-25(12-3-1)26-16-10-17-30(21-26)37-35-23-28-14-5-4-13-27(28)22-32(35)31-18-7-9-20-34(31)38-33-19-8-6-15-29(33)24-36(37)38/h1-24H. The molecule has 1 aromatic heterocycles. The van der Waals surface area contributed by atoms with Crippen LogP contribution < -0.4 is 4.90 Å². The van der Waals surface area contributed by atoms with Crippen molar-refractivity contribution in [1.29, 1.82) is 0 Å². The van der Waals surface area contributed by atoms with Gasteiger partial charge >= 0.3 is 0 Å². The van der Waals surface area contributed by atoms with E-state index in [1.807, 2.05) is 0 Å². The van der Waals surface area contributed by atoms with Crippen molar-refractivity contribution in [3.05, 3.63) is 146 Å². The van der Waals surface area contributed by atoms with Gasteiger partial charge in [0.1, 0.15) is 5.82 Å². The molecule has 0 saturated heterocycles. The van der Waals surface area contributed by atoms with E-state index >= 15 is 0 Å². The molecule has 0 radical (unpaired) electrons. The van der Waals surface area contributed by atoms with E-state index in [0.717, 1.165) is 11.5 Å². The van der Waals surface area contributed by atoms with Gasteiger partial charge in [0.2, 0.25) is 0 Å². The molecule has 178 valence electrons. The first kappa shape index (κ1) is 21.0. The lowest BCUT2D eigenvalue weighted by Crippen LogP contribution is -2.13. The lowest BCUT2D eigenvalue weighted by molar-refractivity contribution is 1.09. The zero-order valence-electron chi connectivity index (χ0n) is 20.8. The average molecular weight is 485 g/mol. The van der Waals surface area contributed by atoms with Crippen molar-refractivity contribution in [3.8, 4) is 27.9 Å². The molecule has 1 aliphatic rings. The van der Waals surface area contributed by atoms with E-state index in [0.29, 0.717) is 0 Å². The van der Waals surface area contributed by atoms with Gasteiger partial charge in [-0.05, 0) is 64.4 Å². The molecule has 0 saturated carbocycles. The van der Waals surface area contributed by atoms with Crippen LogP contribution in [0.2, 0.25) is 0 Å². The van der Waals surface area contributed by atoms with Crippen LogP contribution in [0.15, 0.2) is 146 Å². The van der Waals surface area contributed by atoms with Gasteiger partial charge in [-0.15, -0.1) is 0 Å². The van der Waals surface area contributed by atoms with Gasteiger partial charge in [0.05, 0.1) is 16.9 Å². The average Bonchev–Trinajstić information content (AvgIpc) is 3.31. The largest absolute Gasteiger partial charge is 0.295 e. The maximum absolute atomic E-state index is 2.44. The summed E-state index contributed by atoms with van der Waals surface area (Å²) in [5.41, 5.74) is 9.61. The van der Waals surface area contributed by atoms with Crippen LogP contribution in [0.4, 0.5) is 17.2 Å². The van der Waals surface area contributed by atoms with Crippen molar-refractivity contribution in [2.24, 2.45) is 0 Å². The van der Waals surface area contributed by atoms with Crippen LogP contribution in [0.1, 0.15) is 0 Å². The number of hydrogen-bond donors (Lipinski definition) is 0. The predicted octanol–water partition coefficient (Wildman–Crippen LogP) is 9.90. The summed E-state index contributed by atoms with van der Waals surface area (Å²) in [7, 11) is 0. The van der Waals surface area contributed by atoms with E-state index in [1.165, 1.54) is 55.3 Å². The minimum atomic E-state index is 1.14. The third-order valence-electron chi connectivity index (χ3n) is 7.67. The third kappa shape index (κ3) is 3.14. The van der Waals surface area contributed by atoms with Crippen LogP contribution in [0.25, 0.3) is 49.6 Å². The molecule has 8 rings (SSSR count). The van der Waals surface area contributed by atoms with Crippen LogP contribution >= 0.6 is 0 Å². The van der Waals surface area contributed by atoms with Gasteiger partial charge in [-0.25, -0.2) is 0 Å². The fourth-order valence-corrected chi connectivity index (χ4v) is 5.93. The molecule has 38 heavy (non-hydrogen) atoms. The van der Waals surface area contributed by atoms with Crippen LogP contribution in [-0.4, -0.2) is 4.57 Å². The van der Waals surface area contributed by atoms with Gasteiger partial charge in [0.25, 0.3) is 0 Å². The Morgan fingerprint density at radius 3 is 1.95 bits per heavy atom. The topological polar surface area (TPSA) is 8.17 Å². The Bertz CT molecular complexity index is 1980. The molecule has 0 spiro atoms. The Kier molecular flexibility index (Phi) is 4.55. The number of rotatable bonds is 2. The van der Waals surface area contributed by atoms with Crippen molar-refractivity contribution >= 4 is 38.9 Å². The molecule has 2 heterocycles. The molecule has 7 aromatic rings. The highest BCUT2D eigenvalue weighted by atomic mass is 15.3. The van der Waals surface area contributed by atoms with Crippen LogP contribution in [0.3, 0.4) is 0 Å². The second-order valence-corrected chi connectivity index (χ2v) is 9.88. The second-order valence-electron chi connectivity index (χ2n) is 9.88. The highest BCUT2D eigenvalue weighted by Gasteiger charge is 2.28. The van der Waals surface area contributed by atoms with Gasteiger partial charge in [0.15, 0.2) is 0 Å². The van der Waals surface area contributed by atoms with E-state index in [-0.39, 0.29) is 0 Å². The zero-order chi connectivity index (χ0) is 25.1. The number of nitrogens with zero attached hydrogens (tertiary/aromatic N) is 2. The summed E-state index contributed by atoms with van der Waals surface area (Å²) in [6.07, 6.45) is 0. The van der Waals surface area contributed by atoms with E-state index in [4.69, 9.17) is 0 Å². The molecule has 0 aliphatic carbocycles. The molecule has 0 atom stereocenters. The van der Waals surface area contributed by atoms with Gasteiger partial charge in [0, 0.05) is 22.2 Å². The highest BCUT2D eigenvalue weighted by molar-refractivity contribution is 6.03. The smallest absolute Gasteiger partial charge is 0.123 e. The number of aromatic nitrogens is 1. The predicted molar refractivity (Wildman–Crippen MR) is 160 cm³/mol. The Morgan fingerprint density at radius 2 is 1.08 bits per heavy atom. The SMILES string of the molecule is c1ccc(-c2cccc(N3c4cc5ccccc5cc4-c4ccccc4-n4c3cc3ccccc34)c2)cc1. The molecule has 2 nitrogen and oxygen atoms in total.